The lowest BCUT2D eigenvalue weighted by Gasteiger charge is -2.06. The van der Waals surface area contributed by atoms with Crippen molar-refractivity contribution in [3.8, 4) is 0 Å². The third-order valence-corrected chi connectivity index (χ3v) is 3.47. The van der Waals surface area contributed by atoms with Gasteiger partial charge in [-0.05, 0) is 23.8 Å². The van der Waals surface area contributed by atoms with Crippen molar-refractivity contribution in [2.24, 2.45) is 16.5 Å². The molecule has 3 aromatic rings. The molecule has 0 saturated heterocycles. The summed E-state index contributed by atoms with van der Waals surface area (Å²) < 4.78 is 2.09. The maximum atomic E-state index is 12.1. The van der Waals surface area contributed by atoms with Crippen LogP contribution >= 0.6 is 0 Å². The van der Waals surface area contributed by atoms with Crippen LogP contribution in [0.3, 0.4) is 0 Å². The van der Waals surface area contributed by atoms with Crippen molar-refractivity contribution in [1.82, 2.24) is 4.57 Å². The van der Waals surface area contributed by atoms with Gasteiger partial charge in [-0.3, -0.25) is 4.79 Å². The lowest BCUT2D eigenvalue weighted by atomic mass is 10.1. The van der Waals surface area contributed by atoms with Crippen LogP contribution in [-0.2, 0) is 6.54 Å². The fourth-order valence-electron chi connectivity index (χ4n) is 2.51. The topological polar surface area (TPSA) is 86.4 Å². The van der Waals surface area contributed by atoms with Gasteiger partial charge in [0.25, 0.3) is 5.91 Å². The Morgan fingerprint density at radius 2 is 1.77 bits per heavy atom. The van der Waals surface area contributed by atoms with E-state index in [1.165, 1.54) is 5.56 Å². The average Bonchev–Trinajstić information content (AvgIpc) is 2.91. The second-order valence-electron chi connectivity index (χ2n) is 5.01. The van der Waals surface area contributed by atoms with Crippen molar-refractivity contribution < 1.29 is 4.79 Å². The number of aromatic nitrogens is 1. The Hall–Kier alpha value is -3.08. The highest BCUT2D eigenvalue weighted by molar-refractivity contribution is 6.10. The van der Waals surface area contributed by atoms with Crippen molar-refractivity contribution in [3.05, 3.63) is 71.9 Å². The molecule has 0 aliphatic heterocycles. The first kappa shape index (κ1) is 13.9. The number of guanidine groups is 1. The Balaban J connectivity index is 2.02. The fourth-order valence-corrected chi connectivity index (χ4v) is 2.51. The molecule has 1 aromatic heterocycles. The van der Waals surface area contributed by atoms with E-state index in [9.17, 15) is 4.79 Å². The summed E-state index contributed by atoms with van der Waals surface area (Å²) in [6.07, 6.45) is 1.96. The minimum absolute atomic E-state index is 0.231. The molecule has 4 N–H and O–H groups in total. The standard InChI is InChI=1S/C17H16N4O/c18-17(19)20-16(22)14-7-4-8-15-13(14)9-10-21(15)11-12-5-2-1-3-6-12/h1-10H,11H2,(H4,18,19,20,22). The van der Waals surface area contributed by atoms with Crippen molar-refractivity contribution in [2.45, 2.75) is 6.54 Å². The first-order chi connectivity index (χ1) is 10.6. The van der Waals surface area contributed by atoms with Crippen molar-refractivity contribution >= 4 is 22.8 Å². The van der Waals surface area contributed by atoms with E-state index in [4.69, 9.17) is 11.5 Å². The largest absolute Gasteiger partial charge is 0.370 e. The number of hydrogen-bond acceptors (Lipinski definition) is 1. The van der Waals surface area contributed by atoms with Crippen LogP contribution in [0.1, 0.15) is 15.9 Å². The predicted octanol–water partition coefficient (Wildman–Crippen LogP) is 2.10. The third-order valence-electron chi connectivity index (χ3n) is 3.47. The molecule has 5 nitrogen and oxygen atoms in total. The molecule has 0 radical (unpaired) electrons. The van der Waals surface area contributed by atoms with Crippen molar-refractivity contribution in [1.29, 1.82) is 0 Å². The Morgan fingerprint density at radius 1 is 1.00 bits per heavy atom. The molecule has 0 saturated carbocycles. The number of nitrogens with zero attached hydrogens (tertiary/aromatic N) is 2. The summed E-state index contributed by atoms with van der Waals surface area (Å²) in [5, 5.41) is 0.841. The molecule has 0 aliphatic rings. The maximum absolute atomic E-state index is 12.1. The smallest absolute Gasteiger partial charge is 0.280 e. The molecule has 0 unspecified atom stereocenters. The van der Waals surface area contributed by atoms with Gasteiger partial charge < -0.3 is 16.0 Å². The summed E-state index contributed by atoms with van der Waals surface area (Å²) >= 11 is 0. The number of aliphatic imine (C=N–C) groups is 1. The molecular formula is C17H16N4O. The fraction of sp³-hybridized carbons (Fsp3) is 0.0588. The lowest BCUT2D eigenvalue weighted by molar-refractivity contribution is 0.100. The quantitative estimate of drug-likeness (QED) is 0.572. The van der Waals surface area contributed by atoms with Crippen LogP contribution in [0, 0.1) is 0 Å². The number of nitrogens with two attached hydrogens (primary N) is 2. The van der Waals surface area contributed by atoms with Gasteiger partial charge in [-0.2, -0.15) is 4.99 Å². The number of fused-ring (bicyclic) bond motifs is 1. The number of hydrogen-bond donors (Lipinski definition) is 2. The van der Waals surface area contributed by atoms with Gasteiger partial charge in [0, 0.05) is 23.6 Å². The predicted molar refractivity (Wildman–Crippen MR) is 87.6 cm³/mol. The highest BCUT2D eigenvalue weighted by atomic mass is 16.1. The summed E-state index contributed by atoms with van der Waals surface area (Å²) in [7, 11) is 0. The van der Waals surface area contributed by atoms with Gasteiger partial charge in [-0.25, -0.2) is 0 Å². The van der Waals surface area contributed by atoms with Crippen LogP contribution in [-0.4, -0.2) is 16.4 Å². The van der Waals surface area contributed by atoms with Crippen LogP contribution in [0.15, 0.2) is 65.8 Å². The molecule has 0 atom stereocenters. The first-order valence-electron chi connectivity index (χ1n) is 6.91. The number of benzene rings is 2. The summed E-state index contributed by atoms with van der Waals surface area (Å²) in [4.78, 5) is 15.7. The van der Waals surface area contributed by atoms with Crippen LogP contribution in [0.4, 0.5) is 0 Å². The maximum Gasteiger partial charge on any atom is 0.280 e. The molecule has 110 valence electrons. The van der Waals surface area contributed by atoms with E-state index in [-0.39, 0.29) is 5.96 Å². The first-order valence-corrected chi connectivity index (χ1v) is 6.91. The molecular weight excluding hydrogens is 276 g/mol. The number of carbonyl (C=O) groups excluding carboxylic acids is 1. The van der Waals surface area contributed by atoms with Crippen molar-refractivity contribution in [3.63, 3.8) is 0 Å². The Kier molecular flexibility index (Phi) is 3.62. The summed E-state index contributed by atoms with van der Waals surface area (Å²) in [6, 6.07) is 17.6. The highest BCUT2D eigenvalue weighted by Gasteiger charge is 2.12. The van der Waals surface area contributed by atoms with Gasteiger partial charge in [0.2, 0.25) is 0 Å². The molecule has 5 heteroatoms. The van der Waals surface area contributed by atoms with Gasteiger partial charge >= 0.3 is 0 Å². The molecule has 1 amide bonds. The summed E-state index contributed by atoms with van der Waals surface area (Å²) in [5.41, 5.74) is 13.2. The van der Waals surface area contributed by atoms with Crippen molar-refractivity contribution in [2.75, 3.05) is 0 Å². The minimum Gasteiger partial charge on any atom is -0.370 e. The number of carbonyl (C=O) groups is 1. The van der Waals surface area contributed by atoms with Gasteiger partial charge in [-0.15, -0.1) is 0 Å². The van der Waals surface area contributed by atoms with Crippen LogP contribution in [0.5, 0.6) is 0 Å². The highest BCUT2D eigenvalue weighted by Crippen LogP contribution is 2.22. The van der Waals surface area contributed by atoms with Gasteiger partial charge in [0.05, 0.1) is 5.56 Å². The van der Waals surface area contributed by atoms with E-state index in [1.54, 1.807) is 6.07 Å². The monoisotopic (exact) mass is 292 g/mol. The second-order valence-corrected chi connectivity index (χ2v) is 5.01. The van der Waals surface area contributed by atoms with Crippen LogP contribution in [0.2, 0.25) is 0 Å². The van der Waals surface area contributed by atoms with E-state index in [1.807, 2.05) is 42.6 Å². The Morgan fingerprint density at radius 3 is 2.50 bits per heavy atom. The third kappa shape index (κ3) is 2.69. The van der Waals surface area contributed by atoms with E-state index >= 15 is 0 Å². The zero-order valence-electron chi connectivity index (χ0n) is 11.9. The van der Waals surface area contributed by atoms with E-state index < -0.39 is 5.91 Å². The molecule has 22 heavy (non-hydrogen) atoms. The molecule has 0 aliphatic carbocycles. The minimum atomic E-state index is -0.428. The Bertz CT molecular complexity index is 845. The Labute approximate surface area is 127 Å². The normalized spacial score (nSPS) is 10.5. The van der Waals surface area contributed by atoms with Gasteiger partial charge in [-0.1, -0.05) is 36.4 Å². The average molecular weight is 292 g/mol. The molecule has 1 heterocycles. The van der Waals surface area contributed by atoms with Gasteiger partial charge in [0.15, 0.2) is 5.96 Å². The SMILES string of the molecule is NC(N)=NC(=O)c1cccc2c1ccn2Cc1ccccc1. The number of rotatable bonds is 3. The summed E-state index contributed by atoms with van der Waals surface area (Å²) in [5.74, 6) is -0.659. The molecule has 3 rings (SSSR count). The molecule has 2 aromatic carbocycles. The van der Waals surface area contributed by atoms with E-state index in [2.05, 4.69) is 21.7 Å². The zero-order valence-corrected chi connectivity index (χ0v) is 11.9. The second kappa shape index (κ2) is 5.73. The van der Waals surface area contributed by atoms with E-state index in [0.717, 1.165) is 17.4 Å². The molecule has 0 spiro atoms. The van der Waals surface area contributed by atoms with Gasteiger partial charge in [0.1, 0.15) is 0 Å². The lowest BCUT2D eigenvalue weighted by Crippen LogP contribution is -2.24. The molecule has 0 bridgehead atoms. The zero-order chi connectivity index (χ0) is 15.5. The molecule has 0 fully saturated rings. The summed E-state index contributed by atoms with van der Waals surface area (Å²) in [6.45, 7) is 0.740. The number of amides is 1. The van der Waals surface area contributed by atoms with Crippen LogP contribution in [0.25, 0.3) is 10.9 Å². The van der Waals surface area contributed by atoms with Crippen LogP contribution < -0.4 is 11.5 Å². The van der Waals surface area contributed by atoms with E-state index in [0.29, 0.717) is 5.56 Å².